The Morgan fingerprint density at radius 1 is 1.22 bits per heavy atom. The average molecular weight is 266 g/mol. The predicted octanol–water partition coefficient (Wildman–Crippen LogP) is -1.18. The van der Waals surface area contributed by atoms with Crippen LogP contribution in [0.25, 0.3) is 0 Å². The maximum atomic E-state index is 11.2. The van der Waals surface area contributed by atoms with Gasteiger partial charge in [0.25, 0.3) is 0 Å². The topological polar surface area (TPSA) is 157 Å². The molecule has 1 unspecified atom stereocenters. The van der Waals surface area contributed by atoms with Crippen molar-refractivity contribution in [2.45, 2.75) is 25.3 Å². The lowest BCUT2D eigenvalue weighted by Crippen LogP contribution is -2.42. The molecule has 0 aromatic rings. The molecule has 0 bridgehead atoms. The summed E-state index contributed by atoms with van der Waals surface area (Å²) in [6.07, 6.45) is -0.765. The van der Waals surface area contributed by atoms with Crippen LogP contribution in [0.15, 0.2) is 0 Å². The lowest BCUT2D eigenvalue weighted by Gasteiger charge is -2.12. The summed E-state index contributed by atoms with van der Waals surface area (Å²) < 4.78 is 0. The van der Waals surface area contributed by atoms with Crippen molar-refractivity contribution in [1.82, 2.24) is 10.7 Å². The first-order valence-electron chi connectivity index (χ1n) is 4.87. The van der Waals surface area contributed by atoms with E-state index in [-0.39, 0.29) is 19.4 Å². The van der Waals surface area contributed by atoms with Crippen molar-refractivity contribution in [1.29, 1.82) is 0 Å². The fraction of sp³-hybridized carbons (Fsp3) is 0.625. The van der Waals surface area contributed by atoms with Crippen LogP contribution in [-0.4, -0.2) is 56.5 Å². The summed E-state index contributed by atoms with van der Waals surface area (Å²) in [5.74, 6) is -3.46. The molecule has 0 saturated heterocycles. The van der Waals surface area contributed by atoms with E-state index in [0.29, 0.717) is 0 Å². The Hall–Kier alpha value is -1.75. The molecule has 1 atom stereocenters. The Morgan fingerprint density at radius 2 is 1.83 bits per heavy atom. The molecule has 0 aliphatic heterocycles. The van der Waals surface area contributed by atoms with E-state index in [1.165, 1.54) is 0 Å². The molecular formula is C8H14N2O8. The summed E-state index contributed by atoms with van der Waals surface area (Å²) in [4.78, 5) is 36.3. The van der Waals surface area contributed by atoms with Crippen molar-refractivity contribution >= 4 is 17.8 Å². The van der Waals surface area contributed by atoms with Gasteiger partial charge in [0.05, 0.1) is 18.4 Å². The van der Waals surface area contributed by atoms with Crippen LogP contribution in [0.4, 0.5) is 0 Å². The van der Waals surface area contributed by atoms with Gasteiger partial charge < -0.3 is 15.5 Å². The van der Waals surface area contributed by atoms with E-state index >= 15 is 0 Å². The first kappa shape index (κ1) is 16.2. The van der Waals surface area contributed by atoms with Crippen molar-refractivity contribution in [3.63, 3.8) is 0 Å². The molecule has 0 spiro atoms. The van der Waals surface area contributed by atoms with Gasteiger partial charge in [0, 0.05) is 6.42 Å². The molecule has 0 aliphatic carbocycles. The molecule has 10 nitrogen and oxygen atoms in total. The molecule has 0 aromatic heterocycles. The van der Waals surface area contributed by atoms with Gasteiger partial charge in [0.1, 0.15) is 6.04 Å². The Kier molecular flexibility index (Phi) is 7.54. The number of carbonyl (C=O) groups excluding carboxylic acids is 1. The van der Waals surface area contributed by atoms with Gasteiger partial charge in [0.15, 0.2) is 0 Å². The molecule has 5 N–H and O–H groups in total. The molecule has 0 rings (SSSR count). The largest absolute Gasteiger partial charge is 0.481 e. The van der Waals surface area contributed by atoms with Gasteiger partial charge in [-0.2, -0.15) is 0 Å². The standard InChI is InChI=1S/C8H14N2O8/c11-6(2-1-3-18-10(16)17)9-5(8(14)15)4-7(12)13/h5,16-17H,1-4H2,(H,9,11)(H,12,13)(H,14,15). The first-order chi connectivity index (χ1) is 8.32. The van der Waals surface area contributed by atoms with Crippen LogP contribution >= 0.6 is 0 Å². The SMILES string of the molecule is O=C(O)CC(NC(=O)CCCON(O)O)C(=O)O. The number of hydrogen-bond donors (Lipinski definition) is 5. The van der Waals surface area contributed by atoms with Crippen LogP contribution in [0.3, 0.4) is 0 Å². The van der Waals surface area contributed by atoms with Crippen molar-refractivity contribution in [2.75, 3.05) is 6.61 Å². The number of nitrogens with zero attached hydrogens (tertiary/aromatic N) is 1. The zero-order valence-corrected chi connectivity index (χ0v) is 9.27. The molecule has 104 valence electrons. The fourth-order valence-corrected chi connectivity index (χ4v) is 1.02. The van der Waals surface area contributed by atoms with Gasteiger partial charge in [-0.05, 0) is 6.42 Å². The van der Waals surface area contributed by atoms with Gasteiger partial charge in [-0.1, -0.05) is 0 Å². The maximum Gasteiger partial charge on any atom is 0.326 e. The van der Waals surface area contributed by atoms with Gasteiger partial charge in [0.2, 0.25) is 5.91 Å². The van der Waals surface area contributed by atoms with Gasteiger partial charge >= 0.3 is 11.9 Å². The van der Waals surface area contributed by atoms with Crippen LogP contribution in [0.1, 0.15) is 19.3 Å². The summed E-state index contributed by atoms with van der Waals surface area (Å²) in [6, 6.07) is -1.50. The number of amides is 1. The highest BCUT2D eigenvalue weighted by atomic mass is 17.1. The van der Waals surface area contributed by atoms with Crippen LogP contribution < -0.4 is 5.32 Å². The number of carboxylic acids is 2. The van der Waals surface area contributed by atoms with E-state index in [1.54, 1.807) is 0 Å². The monoisotopic (exact) mass is 266 g/mol. The zero-order valence-electron chi connectivity index (χ0n) is 9.27. The molecule has 18 heavy (non-hydrogen) atoms. The first-order valence-corrected chi connectivity index (χ1v) is 4.87. The van der Waals surface area contributed by atoms with Gasteiger partial charge in [-0.15, -0.1) is 0 Å². The van der Waals surface area contributed by atoms with E-state index in [2.05, 4.69) is 4.84 Å². The summed E-state index contributed by atoms with van der Waals surface area (Å²) in [5.41, 5.74) is 0. The molecule has 0 fully saturated rings. The van der Waals surface area contributed by atoms with Crippen molar-refractivity contribution in [3.8, 4) is 0 Å². The Bertz CT molecular complexity index is 305. The van der Waals surface area contributed by atoms with Crippen molar-refractivity contribution in [3.05, 3.63) is 0 Å². The highest BCUT2D eigenvalue weighted by molar-refractivity contribution is 5.86. The van der Waals surface area contributed by atoms with Crippen molar-refractivity contribution in [2.24, 2.45) is 0 Å². The van der Waals surface area contributed by atoms with Crippen LogP contribution in [0.5, 0.6) is 0 Å². The molecule has 0 saturated carbocycles. The van der Waals surface area contributed by atoms with Crippen LogP contribution in [0.2, 0.25) is 0 Å². The summed E-state index contributed by atoms with van der Waals surface area (Å²) in [7, 11) is 0. The minimum atomic E-state index is -1.50. The Morgan fingerprint density at radius 3 is 2.28 bits per heavy atom. The molecule has 0 aliphatic rings. The average Bonchev–Trinajstić information content (AvgIpc) is 2.22. The third-order valence-electron chi connectivity index (χ3n) is 1.77. The van der Waals surface area contributed by atoms with E-state index < -0.39 is 35.7 Å². The third kappa shape index (κ3) is 8.41. The Labute approximate surface area is 101 Å². The number of hydrogen-bond acceptors (Lipinski definition) is 7. The lowest BCUT2D eigenvalue weighted by molar-refractivity contribution is -0.492. The number of rotatable bonds is 9. The van der Waals surface area contributed by atoms with Crippen molar-refractivity contribution < 1.29 is 39.8 Å². The van der Waals surface area contributed by atoms with Crippen LogP contribution in [-0.2, 0) is 19.2 Å². The summed E-state index contributed by atoms with van der Waals surface area (Å²) in [5, 5.41) is 34.9. The van der Waals surface area contributed by atoms with E-state index in [9.17, 15) is 14.4 Å². The fourth-order valence-electron chi connectivity index (χ4n) is 1.02. The quantitative estimate of drug-likeness (QED) is 0.256. The second kappa shape index (κ2) is 8.36. The minimum Gasteiger partial charge on any atom is -0.481 e. The smallest absolute Gasteiger partial charge is 0.326 e. The van der Waals surface area contributed by atoms with E-state index in [0.717, 1.165) is 0 Å². The zero-order chi connectivity index (χ0) is 14.1. The Balaban J connectivity index is 3.95. The number of aliphatic carboxylic acids is 2. The predicted molar refractivity (Wildman–Crippen MR) is 52.4 cm³/mol. The van der Waals surface area contributed by atoms with Gasteiger partial charge in [-0.25, -0.2) is 4.79 Å². The molecule has 0 radical (unpaired) electrons. The van der Waals surface area contributed by atoms with Crippen LogP contribution in [0, 0.1) is 0 Å². The summed E-state index contributed by atoms with van der Waals surface area (Å²) in [6.45, 7) is -0.170. The molecule has 0 aromatic carbocycles. The number of nitrogens with one attached hydrogen (secondary N) is 1. The lowest BCUT2D eigenvalue weighted by atomic mass is 10.2. The van der Waals surface area contributed by atoms with E-state index in [1.807, 2.05) is 5.32 Å². The summed E-state index contributed by atoms with van der Waals surface area (Å²) >= 11 is 0. The molecule has 10 heteroatoms. The third-order valence-corrected chi connectivity index (χ3v) is 1.77. The second-order valence-electron chi connectivity index (χ2n) is 3.25. The number of carbonyl (C=O) groups is 3. The van der Waals surface area contributed by atoms with E-state index in [4.69, 9.17) is 20.6 Å². The highest BCUT2D eigenvalue weighted by Crippen LogP contribution is 1.97. The molecular weight excluding hydrogens is 252 g/mol. The minimum absolute atomic E-state index is 0.100. The highest BCUT2D eigenvalue weighted by Gasteiger charge is 2.22. The number of carboxylic acid groups (broad SMARTS) is 2. The second-order valence-corrected chi connectivity index (χ2v) is 3.25. The molecule has 0 heterocycles. The maximum absolute atomic E-state index is 11.2. The van der Waals surface area contributed by atoms with Gasteiger partial charge in [-0.3, -0.25) is 24.8 Å². The normalized spacial score (nSPS) is 12.2. The molecule has 1 amide bonds.